The van der Waals surface area contributed by atoms with Crippen molar-refractivity contribution in [1.82, 2.24) is 0 Å². The van der Waals surface area contributed by atoms with Crippen LogP contribution in [0.5, 0.6) is 5.75 Å². The molecule has 2 aromatic carbocycles. The zero-order chi connectivity index (χ0) is 21.9. The number of aliphatic hydroxyl groups excluding tert-OH is 1. The second-order valence-electron chi connectivity index (χ2n) is 7.35. The Hall–Kier alpha value is -1.74. The minimum absolute atomic E-state index is 0.0557. The lowest BCUT2D eigenvalue weighted by atomic mass is 9.73. The minimum Gasteiger partial charge on any atom is -0.490 e. The molecular formula is C21H24ClF2NO4S. The van der Waals surface area contributed by atoms with Crippen molar-refractivity contribution in [3.05, 3.63) is 58.6 Å². The second-order valence-corrected chi connectivity index (χ2v) is 9.99. The smallest absolute Gasteiger partial charge is 0.188 e. The third-order valence-corrected chi connectivity index (χ3v) is 8.50. The van der Waals surface area contributed by atoms with E-state index in [0.29, 0.717) is 24.4 Å². The van der Waals surface area contributed by atoms with E-state index < -0.39 is 32.1 Å². The Balaban J connectivity index is 0.000000589. The lowest BCUT2D eigenvalue weighted by Gasteiger charge is -2.47. The molecule has 2 atom stereocenters. The highest BCUT2D eigenvalue weighted by Gasteiger charge is 2.58. The second kappa shape index (κ2) is 9.18. The third-order valence-electron chi connectivity index (χ3n) is 5.65. The lowest BCUT2D eigenvalue weighted by molar-refractivity contribution is 0.124. The first kappa shape index (κ1) is 22.9. The molecule has 5 nitrogen and oxygen atoms in total. The van der Waals surface area contributed by atoms with Crippen molar-refractivity contribution in [2.75, 3.05) is 19.8 Å². The molecule has 1 aliphatic heterocycles. The molecular weight excluding hydrogens is 436 g/mol. The number of fused-ring (bicyclic) bond motifs is 3. The SMILES string of the molecule is NCCO.O=S(=O)(c1ccc(Cl)cc1)[C@@]12CCCCC1COc1c(F)ccc(F)c12. The van der Waals surface area contributed by atoms with Crippen molar-refractivity contribution in [3.63, 3.8) is 0 Å². The maximum Gasteiger partial charge on any atom is 0.188 e. The first-order valence-corrected chi connectivity index (χ1v) is 11.6. The normalized spacial score (nSPS) is 22.8. The highest BCUT2D eigenvalue weighted by molar-refractivity contribution is 7.92. The van der Waals surface area contributed by atoms with Gasteiger partial charge in [0.1, 0.15) is 10.6 Å². The maximum absolute atomic E-state index is 14.8. The Morgan fingerprint density at radius 1 is 1.13 bits per heavy atom. The molecule has 2 aromatic rings. The molecule has 1 fully saturated rings. The molecule has 1 aliphatic carbocycles. The standard InChI is InChI=1S/C19H17ClF2O3S.C2H7NO/c20-13-4-6-14(7-5-13)26(23,24)19-10-2-1-3-12(19)11-25-18-16(22)9-8-15(21)17(18)19;3-1-2-4/h4-9,12H,1-3,10-11H2;4H,1-3H2/t12?,19-;/m0./s1. The highest BCUT2D eigenvalue weighted by Crippen LogP contribution is 2.56. The Labute approximate surface area is 179 Å². The summed E-state index contributed by atoms with van der Waals surface area (Å²) in [5, 5.41) is 8.16. The predicted octanol–water partition coefficient (Wildman–Crippen LogP) is 3.81. The molecule has 1 heterocycles. The van der Waals surface area contributed by atoms with E-state index in [4.69, 9.17) is 27.2 Å². The van der Waals surface area contributed by atoms with Gasteiger partial charge in [-0.3, -0.25) is 0 Å². The Morgan fingerprint density at radius 3 is 2.40 bits per heavy atom. The van der Waals surface area contributed by atoms with Crippen molar-refractivity contribution >= 4 is 21.4 Å². The molecule has 2 aliphatic rings. The number of rotatable bonds is 3. The van der Waals surface area contributed by atoms with Gasteiger partial charge in [-0.2, -0.15) is 0 Å². The van der Waals surface area contributed by atoms with Crippen molar-refractivity contribution in [2.45, 2.75) is 35.3 Å². The van der Waals surface area contributed by atoms with Gasteiger partial charge in [-0.25, -0.2) is 17.2 Å². The van der Waals surface area contributed by atoms with E-state index in [-0.39, 0.29) is 35.8 Å². The summed E-state index contributed by atoms with van der Waals surface area (Å²) in [7, 11) is -4.00. The zero-order valence-corrected chi connectivity index (χ0v) is 17.9. The topological polar surface area (TPSA) is 89.6 Å². The van der Waals surface area contributed by atoms with Crippen molar-refractivity contribution in [2.24, 2.45) is 11.7 Å². The van der Waals surface area contributed by atoms with Gasteiger partial charge in [0.15, 0.2) is 21.4 Å². The number of sulfone groups is 1. The molecule has 1 unspecified atom stereocenters. The van der Waals surface area contributed by atoms with Gasteiger partial charge in [-0.1, -0.05) is 24.4 Å². The van der Waals surface area contributed by atoms with Crippen LogP contribution in [0.15, 0.2) is 41.3 Å². The summed E-state index contributed by atoms with van der Waals surface area (Å²) in [6.45, 7) is 0.528. The molecule has 0 spiro atoms. The molecule has 164 valence electrons. The van der Waals surface area contributed by atoms with Gasteiger partial charge in [0.05, 0.1) is 23.7 Å². The Morgan fingerprint density at radius 2 is 1.77 bits per heavy atom. The fourth-order valence-electron chi connectivity index (χ4n) is 4.33. The summed E-state index contributed by atoms with van der Waals surface area (Å²) in [5.41, 5.74) is 4.61. The highest BCUT2D eigenvalue weighted by atomic mass is 35.5. The van der Waals surface area contributed by atoms with Crippen LogP contribution < -0.4 is 10.5 Å². The number of nitrogens with two attached hydrogens (primary N) is 1. The Kier molecular flexibility index (Phi) is 7.02. The van der Waals surface area contributed by atoms with Gasteiger partial charge >= 0.3 is 0 Å². The number of halogens is 3. The monoisotopic (exact) mass is 459 g/mol. The van der Waals surface area contributed by atoms with E-state index in [9.17, 15) is 17.2 Å². The number of ether oxygens (including phenoxy) is 1. The van der Waals surface area contributed by atoms with Crippen LogP contribution in [0.3, 0.4) is 0 Å². The lowest BCUT2D eigenvalue weighted by Crippen LogP contribution is -2.50. The molecule has 9 heteroatoms. The van der Waals surface area contributed by atoms with E-state index in [0.717, 1.165) is 18.6 Å². The fraction of sp³-hybridized carbons (Fsp3) is 0.429. The van der Waals surface area contributed by atoms with Gasteiger partial charge in [0.2, 0.25) is 0 Å². The van der Waals surface area contributed by atoms with Crippen LogP contribution in [-0.2, 0) is 14.6 Å². The van der Waals surface area contributed by atoms with Crippen LogP contribution in [0.4, 0.5) is 8.78 Å². The van der Waals surface area contributed by atoms with Gasteiger partial charge < -0.3 is 15.6 Å². The first-order chi connectivity index (χ1) is 14.3. The molecule has 0 bridgehead atoms. The molecule has 3 N–H and O–H groups in total. The number of aliphatic hydroxyl groups is 1. The minimum atomic E-state index is -4.00. The van der Waals surface area contributed by atoms with E-state index in [2.05, 4.69) is 0 Å². The third kappa shape index (κ3) is 3.82. The van der Waals surface area contributed by atoms with Crippen LogP contribution >= 0.6 is 11.6 Å². The fourth-order valence-corrected chi connectivity index (χ4v) is 6.87. The van der Waals surface area contributed by atoms with Crippen LogP contribution in [0.25, 0.3) is 0 Å². The van der Waals surface area contributed by atoms with Gasteiger partial charge in [0, 0.05) is 17.5 Å². The number of benzene rings is 2. The molecule has 0 saturated heterocycles. The van der Waals surface area contributed by atoms with Gasteiger partial charge in [0.25, 0.3) is 0 Å². The maximum atomic E-state index is 14.8. The van der Waals surface area contributed by atoms with E-state index >= 15 is 0 Å². The molecule has 4 rings (SSSR count). The molecule has 1 saturated carbocycles. The summed E-state index contributed by atoms with van der Waals surface area (Å²) < 4.78 is 60.5. The molecule has 0 amide bonds. The largest absolute Gasteiger partial charge is 0.490 e. The summed E-state index contributed by atoms with van der Waals surface area (Å²) in [5.74, 6) is -2.19. The molecule has 0 aromatic heterocycles. The van der Waals surface area contributed by atoms with Crippen molar-refractivity contribution < 1.29 is 27.0 Å². The van der Waals surface area contributed by atoms with Gasteiger partial charge in [-0.05, 0) is 49.2 Å². The van der Waals surface area contributed by atoms with Crippen LogP contribution in [0.1, 0.15) is 31.2 Å². The number of hydrogen-bond donors (Lipinski definition) is 2. The average Bonchev–Trinajstić information content (AvgIpc) is 2.76. The van der Waals surface area contributed by atoms with Crippen LogP contribution in [0, 0.1) is 17.6 Å². The van der Waals surface area contributed by atoms with Crippen molar-refractivity contribution in [1.29, 1.82) is 0 Å². The van der Waals surface area contributed by atoms with E-state index in [1.165, 1.54) is 24.3 Å². The quantitative estimate of drug-likeness (QED) is 0.728. The summed E-state index contributed by atoms with van der Waals surface area (Å²) >= 11 is 5.89. The summed E-state index contributed by atoms with van der Waals surface area (Å²) in [4.78, 5) is 0.0605. The number of hydrogen-bond acceptors (Lipinski definition) is 5. The Bertz CT molecular complexity index is 999. The van der Waals surface area contributed by atoms with Crippen molar-refractivity contribution in [3.8, 4) is 5.75 Å². The summed E-state index contributed by atoms with van der Waals surface area (Å²) in [6.07, 6.45) is 2.28. The van der Waals surface area contributed by atoms with Crippen LogP contribution in [0.2, 0.25) is 5.02 Å². The summed E-state index contributed by atoms with van der Waals surface area (Å²) in [6, 6.07) is 7.78. The van der Waals surface area contributed by atoms with Gasteiger partial charge in [-0.15, -0.1) is 0 Å². The van der Waals surface area contributed by atoms with E-state index in [1.807, 2.05) is 0 Å². The molecule has 30 heavy (non-hydrogen) atoms. The molecule has 0 radical (unpaired) electrons. The predicted molar refractivity (Wildman–Crippen MR) is 110 cm³/mol. The average molecular weight is 460 g/mol. The van der Waals surface area contributed by atoms with Crippen LogP contribution in [-0.4, -0.2) is 33.3 Å². The zero-order valence-electron chi connectivity index (χ0n) is 16.3. The van der Waals surface area contributed by atoms with E-state index in [1.54, 1.807) is 0 Å². The first-order valence-electron chi connectivity index (χ1n) is 9.72.